The topological polar surface area (TPSA) is 84.2 Å². The smallest absolute Gasteiger partial charge is 0.248 e. The molecule has 0 radical (unpaired) electrons. The third-order valence-corrected chi connectivity index (χ3v) is 2.73. The van der Waals surface area contributed by atoms with Crippen molar-refractivity contribution in [2.45, 2.75) is 13.8 Å². The third-order valence-electron chi connectivity index (χ3n) is 2.73. The van der Waals surface area contributed by atoms with E-state index in [1.165, 1.54) is 0 Å². The molecule has 5 heteroatoms. The van der Waals surface area contributed by atoms with Crippen LogP contribution in [0.3, 0.4) is 0 Å². The van der Waals surface area contributed by atoms with E-state index >= 15 is 0 Å². The fourth-order valence-electron chi connectivity index (χ4n) is 1.61. The number of nitrogens with one attached hydrogen (secondary N) is 2. The van der Waals surface area contributed by atoms with Crippen molar-refractivity contribution in [2.24, 2.45) is 11.7 Å². The van der Waals surface area contributed by atoms with E-state index in [9.17, 15) is 9.59 Å². The minimum Gasteiger partial charge on any atom is -0.366 e. The number of anilines is 1. The SMILES string of the molecule is CNCC(C)C(=O)Nc1ccc(C(N)=O)cc1C. The van der Waals surface area contributed by atoms with E-state index in [4.69, 9.17) is 5.73 Å². The third kappa shape index (κ3) is 3.56. The molecule has 0 aromatic heterocycles. The molecule has 2 amide bonds. The second-order valence-electron chi connectivity index (χ2n) is 4.34. The van der Waals surface area contributed by atoms with Crippen LogP contribution in [0.2, 0.25) is 0 Å². The highest BCUT2D eigenvalue weighted by Gasteiger charge is 2.13. The molecule has 1 rings (SSSR count). The van der Waals surface area contributed by atoms with Gasteiger partial charge in [-0.05, 0) is 37.7 Å². The summed E-state index contributed by atoms with van der Waals surface area (Å²) in [5, 5.41) is 5.78. The summed E-state index contributed by atoms with van der Waals surface area (Å²) < 4.78 is 0. The maximum Gasteiger partial charge on any atom is 0.248 e. The molecule has 5 nitrogen and oxygen atoms in total. The summed E-state index contributed by atoms with van der Waals surface area (Å²) in [5.74, 6) is -0.649. The van der Waals surface area contributed by atoms with Gasteiger partial charge in [0, 0.05) is 23.7 Å². The largest absolute Gasteiger partial charge is 0.366 e. The van der Waals surface area contributed by atoms with Crippen LogP contribution >= 0.6 is 0 Å². The molecule has 1 aromatic rings. The number of nitrogens with two attached hydrogens (primary N) is 1. The molecule has 0 aliphatic carbocycles. The fraction of sp³-hybridized carbons (Fsp3) is 0.385. The zero-order valence-electron chi connectivity index (χ0n) is 10.9. The zero-order chi connectivity index (χ0) is 13.7. The molecule has 0 saturated heterocycles. The van der Waals surface area contributed by atoms with Gasteiger partial charge in [0.05, 0.1) is 0 Å². The van der Waals surface area contributed by atoms with Gasteiger partial charge in [-0.1, -0.05) is 6.92 Å². The van der Waals surface area contributed by atoms with Crippen molar-refractivity contribution in [2.75, 3.05) is 18.9 Å². The fourth-order valence-corrected chi connectivity index (χ4v) is 1.61. The van der Waals surface area contributed by atoms with E-state index in [0.717, 1.165) is 5.56 Å². The Labute approximate surface area is 107 Å². The second-order valence-corrected chi connectivity index (χ2v) is 4.34. The van der Waals surface area contributed by atoms with Crippen molar-refractivity contribution in [3.63, 3.8) is 0 Å². The lowest BCUT2D eigenvalue weighted by Crippen LogP contribution is -2.28. The van der Waals surface area contributed by atoms with Gasteiger partial charge in [-0.15, -0.1) is 0 Å². The second kappa shape index (κ2) is 6.16. The molecule has 0 aliphatic rings. The van der Waals surface area contributed by atoms with Crippen LogP contribution in [-0.2, 0) is 4.79 Å². The lowest BCUT2D eigenvalue weighted by atomic mass is 10.1. The standard InChI is InChI=1S/C13H19N3O2/c1-8-6-10(12(14)17)4-5-11(8)16-13(18)9(2)7-15-3/h4-6,9,15H,7H2,1-3H3,(H2,14,17)(H,16,18). The summed E-state index contributed by atoms with van der Waals surface area (Å²) in [5.41, 5.74) is 7.14. The molecule has 0 spiro atoms. The quantitative estimate of drug-likeness (QED) is 0.724. The molecular weight excluding hydrogens is 230 g/mol. The molecule has 18 heavy (non-hydrogen) atoms. The molecule has 0 heterocycles. The van der Waals surface area contributed by atoms with Crippen molar-refractivity contribution in [3.05, 3.63) is 29.3 Å². The van der Waals surface area contributed by atoms with Crippen molar-refractivity contribution >= 4 is 17.5 Å². The molecule has 1 aromatic carbocycles. The molecule has 1 atom stereocenters. The highest BCUT2D eigenvalue weighted by atomic mass is 16.2. The molecule has 98 valence electrons. The molecule has 0 saturated carbocycles. The number of carbonyl (C=O) groups is 2. The Balaban J connectivity index is 2.79. The Kier molecular flexibility index (Phi) is 4.85. The Morgan fingerprint density at radius 1 is 1.39 bits per heavy atom. The number of benzene rings is 1. The van der Waals surface area contributed by atoms with Crippen LogP contribution in [0.4, 0.5) is 5.69 Å². The minimum absolute atomic E-state index is 0.0562. The zero-order valence-corrected chi connectivity index (χ0v) is 10.9. The van der Waals surface area contributed by atoms with Crippen LogP contribution in [-0.4, -0.2) is 25.4 Å². The van der Waals surface area contributed by atoms with E-state index in [2.05, 4.69) is 10.6 Å². The van der Waals surface area contributed by atoms with Crippen LogP contribution < -0.4 is 16.4 Å². The van der Waals surface area contributed by atoms with Gasteiger partial charge >= 0.3 is 0 Å². The van der Waals surface area contributed by atoms with Crippen molar-refractivity contribution in [3.8, 4) is 0 Å². The maximum absolute atomic E-state index is 11.8. The highest BCUT2D eigenvalue weighted by molar-refractivity contribution is 5.96. The average molecular weight is 249 g/mol. The predicted molar refractivity (Wildman–Crippen MR) is 71.4 cm³/mol. The van der Waals surface area contributed by atoms with Crippen LogP contribution in [0, 0.1) is 12.8 Å². The first-order valence-electron chi connectivity index (χ1n) is 5.81. The molecular formula is C13H19N3O2. The van der Waals surface area contributed by atoms with E-state index in [0.29, 0.717) is 17.8 Å². The van der Waals surface area contributed by atoms with Crippen molar-refractivity contribution < 1.29 is 9.59 Å². The Bertz CT molecular complexity index is 458. The Hall–Kier alpha value is -1.88. The van der Waals surface area contributed by atoms with Crippen LogP contribution in [0.25, 0.3) is 0 Å². The van der Waals surface area contributed by atoms with E-state index in [1.807, 2.05) is 13.8 Å². The summed E-state index contributed by atoms with van der Waals surface area (Å²) in [7, 11) is 1.80. The Morgan fingerprint density at radius 2 is 2.06 bits per heavy atom. The van der Waals surface area contributed by atoms with Gasteiger partial charge in [-0.2, -0.15) is 0 Å². The van der Waals surface area contributed by atoms with Crippen LogP contribution in [0.15, 0.2) is 18.2 Å². The monoisotopic (exact) mass is 249 g/mol. The van der Waals surface area contributed by atoms with Gasteiger partial charge in [-0.3, -0.25) is 9.59 Å². The summed E-state index contributed by atoms with van der Waals surface area (Å²) in [6, 6.07) is 4.97. The first-order valence-corrected chi connectivity index (χ1v) is 5.81. The van der Waals surface area contributed by atoms with E-state index < -0.39 is 5.91 Å². The highest BCUT2D eigenvalue weighted by Crippen LogP contribution is 2.17. The summed E-state index contributed by atoms with van der Waals surface area (Å²) in [6.45, 7) is 4.29. The van der Waals surface area contributed by atoms with Crippen molar-refractivity contribution in [1.82, 2.24) is 5.32 Å². The van der Waals surface area contributed by atoms with Gasteiger partial charge in [0.25, 0.3) is 0 Å². The predicted octanol–water partition coefficient (Wildman–Crippen LogP) is 0.888. The van der Waals surface area contributed by atoms with Gasteiger partial charge in [0.15, 0.2) is 0 Å². The number of amides is 2. The number of aryl methyl sites for hydroxylation is 1. The number of rotatable bonds is 5. The van der Waals surface area contributed by atoms with Crippen molar-refractivity contribution in [1.29, 1.82) is 0 Å². The van der Waals surface area contributed by atoms with Crippen LogP contribution in [0.5, 0.6) is 0 Å². The summed E-state index contributed by atoms with van der Waals surface area (Å²) in [4.78, 5) is 22.8. The first kappa shape index (κ1) is 14.2. The Morgan fingerprint density at radius 3 is 2.56 bits per heavy atom. The maximum atomic E-state index is 11.8. The minimum atomic E-state index is -0.473. The number of hydrogen-bond acceptors (Lipinski definition) is 3. The normalized spacial score (nSPS) is 11.9. The number of hydrogen-bond donors (Lipinski definition) is 3. The molecule has 0 fully saturated rings. The first-order chi connectivity index (χ1) is 8.45. The number of primary amides is 1. The molecule has 0 bridgehead atoms. The van der Waals surface area contributed by atoms with Gasteiger partial charge < -0.3 is 16.4 Å². The van der Waals surface area contributed by atoms with Gasteiger partial charge in [-0.25, -0.2) is 0 Å². The number of carbonyl (C=O) groups excluding carboxylic acids is 2. The van der Waals surface area contributed by atoms with E-state index in [1.54, 1.807) is 25.2 Å². The van der Waals surface area contributed by atoms with Gasteiger partial charge in [0.1, 0.15) is 0 Å². The molecule has 4 N–H and O–H groups in total. The molecule has 0 aliphatic heterocycles. The summed E-state index contributed by atoms with van der Waals surface area (Å²) in [6.07, 6.45) is 0. The average Bonchev–Trinajstić information content (AvgIpc) is 2.31. The van der Waals surface area contributed by atoms with Crippen LogP contribution in [0.1, 0.15) is 22.8 Å². The molecule has 1 unspecified atom stereocenters. The lowest BCUT2D eigenvalue weighted by Gasteiger charge is -2.13. The van der Waals surface area contributed by atoms with Gasteiger partial charge in [0.2, 0.25) is 11.8 Å². The summed E-state index contributed by atoms with van der Waals surface area (Å²) >= 11 is 0. The lowest BCUT2D eigenvalue weighted by molar-refractivity contribution is -0.119. The van der Waals surface area contributed by atoms with E-state index in [-0.39, 0.29) is 11.8 Å².